The van der Waals surface area contributed by atoms with Crippen LogP contribution in [0.5, 0.6) is 0 Å². The maximum atomic E-state index is 4.31. The van der Waals surface area contributed by atoms with Crippen LogP contribution in [0.25, 0.3) is 0 Å². The van der Waals surface area contributed by atoms with Crippen LogP contribution in [-0.2, 0) is 13.1 Å². The largest absolute Gasteiger partial charge is 0.305 e. The number of thiazole rings is 1. The summed E-state index contributed by atoms with van der Waals surface area (Å²) in [5.41, 5.74) is 2.50. The zero-order chi connectivity index (χ0) is 15.4. The van der Waals surface area contributed by atoms with Crippen LogP contribution in [0.1, 0.15) is 34.0 Å². The lowest BCUT2D eigenvalue weighted by atomic mass is 10.1. The van der Waals surface area contributed by atoms with Gasteiger partial charge in [0.1, 0.15) is 12.7 Å². The first kappa shape index (κ1) is 14.9. The summed E-state index contributed by atoms with van der Waals surface area (Å²) in [6, 6.07) is 8.86. The molecule has 1 aromatic carbocycles. The smallest absolute Gasteiger partial charge is 0.137 e. The van der Waals surface area contributed by atoms with Crippen molar-refractivity contribution in [1.29, 1.82) is 0 Å². The van der Waals surface area contributed by atoms with E-state index in [1.54, 1.807) is 24.0 Å². The molecule has 6 heteroatoms. The van der Waals surface area contributed by atoms with E-state index in [2.05, 4.69) is 51.6 Å². The van der Waals surface area contributed by atoms with E-state index >= 15 is 0 Å². The quantitative estimate of drug-likeness (QED) is 0.760. The van der Waals surface area contributed by atoms with E-state index in [4.69, 9.17) is 0 Å². The minimum atomic E-state index is 0.310. The molecule has 0 unspecified atom stereocenters. The van der Waals surface area contributed by atoms with Gasteiger partial charge in [0, 0.05) is 23.7 Å². The molecule has 0 fully saturated rings. The first-order valence-electron chi connectivity index (χ1n) is 7.26. The third-order valence-electron chi connectivity index (χ3n) is 3.48. The molecule has 0 aliphatic carbocycles. The number of hydrogen-bond donors (Lipinski definition) is 1. The van der Waals surface area contributed by atoms with E-state index in [9.17, 15) is 0 Å². The summed E-state index contributed by atoms with van der Waals surface area (Å²) in [5.74, 6) is 0. The first-order chi connectivity index (χ1) is 10.7. The highest BCUT2D eigenvalue weighted by atomic mass is 32.1. The van der Waals surface area contributed by atoms with Crippen LogP contribution in [0.2, 0.25) is 0 Å². The summed E-state index contributed by atoms with van der Waals surface area (Å²) in [6.45, 7) is 5.79. The van der Waals surface area contributed by atoms with Crippen molar-refractivity contribution < 1.29 is 0 Å². The van der Waals surface area contributed by atoms with Gasteiger partial charge in [-0.25, -0.2) is 14.6 Å². The molecule has 0 saturated carbocycles. The molecule has 0 saturated heterocycles. The van der Waals surface area contributed by atoms with Crippen LogP contribution < -0.4 is 5.32 Å². The number of hydrogen-bond acceptors (Lipinski definition) is 5. The van der Waals surface area contributed by atoms with Gasteiger partial charge in [0.15, 0.2) is 0 Å². The second-order valence-electron chi connectivity index (χ2n) is 5.30. The second kappa shape index (κ2) is 6.81. The van der Waals surface area contributed by atoms with Crippen LogP contribution in [0.4, 0.5) is 0 Å². The van der Waals surface area contributed by atoms with Crippen LogP contribution in [0, 0.1) is 6.92 Å². The lowest BCUT2D eigenvalue weighted by Gasteiger charge is -2.12. The summed E-state index contributed by atoms with van der Waals surface area (Å²) >= 11 is 1.74. The summed E-state index contributed by atoms with van der Waals surface area (Å²) < 4.78 is 1.83. The lowest BCUT2D eigenvalue weighted by molar-refractivity contribution is 0.581. The average molecular weight is 313 g/mol. The molecule has 3 aromatic rings. The molecule has 0 bridgehead atoms. The van der Waals surface area contributed by atoms with Gasteiger partial charge < -0.3 is 5.32 Å². The molecule has 1 N–H and O–H groups in total. The maximum Gasteiger partial charge on any atom is 0.137 e. The molecule has 0 aliphatic rings. The summed E-state index contributed by atoms with van der Waals surface area (Å²) in [7, 11) is 0. The van der Waals surface area contributed by atoms with Gasteiger partial charge in [-0.15, -0.1) is 11.3 Å². The van der Waals surface area contributed by atoms with Crippen molar-refractivity contribution >= 4 is 11.3 Å². The van der Waals surface area contributed by atoms with E-state index < -0.39 is 0 Å². The third kappa shape index (κ3) is 3.78. The predicted molar refractivity (Wildman–Crippen MR) is 87.7 cm³/mol. The zero-order valence-corrected chi connectivity index (χ0v) is 13.5. The van der Waals surface area contributed by atoms with Gasteiger partial charge in [-0.1, -0.05) is 24.3 Å². The van der Waals surface area contributed by atoms with E-state index in [1.807, 2.05) is 17.8 Å². The molecule has 114 valence electrons. The van der Waals surface area contributed by atoms with Crippen molar-refractivity contribution in [3.63, 3.8) is 0 Å². The van der Waals surface area contributed by atoms with Gasteiger partial charge in [-0.3, -0.25) is 0 Å². The van der Waals surface area contributed by atoms with Gasteiger partial charge in [-0.05, 0) is 25.0 Å². The van der Waals surface area contributed by atoms with Crippen LogP contribution in [-0.4, -0.2) is 19.7 Å². The van der Waals surface area contributed by atoms with Crippen LogP contribution >= 0.6 is 11.3 Å². The highest BCUT2D eigenvalue weighted by molar-refractivity contribution is 7.11. The fraction of sp³-hybridized carbons (Fsp3) is 0.312. The molecule has 22 heavy (non-hydrogen) atoms. The van der Waals surface area contributed by atoms with Crippen molar-refractivity contribution in [2.75, 3.05) is 0 Å². The number of nitrogens with zero attached hydrogens (tertiary/aromatic N) is 4. The molecule has 0 aliphatic heterocycles. The third-order valence-corrected chi connectivity index (χ3v) is 4.58. The van der Waals surface area contributed by atoms with Gasteiger partial charge >= 0.3 is 0 Å². The van der Waals surface area contributed by atoms with Gasteiger partial charge in [0.25, 0.3) is 0 Å². The fourth-order valence-electron chi connectivity index (χ4n) is 2.29. The average Bonchev–Trinajstić information content (AvgIpc) is 3.17. The van der Waals surface area contributed by atoms with Gasteiger partial charge in [0.2, 0.25) is 0 Å². The van der Waals surface area contributed by atoms with Gasteiger partial charge in [0.05, 0.1) is 11.6 Å². The number of nitrogens with one attached hydrogen (secondary N) is 1. The Labute approximate surface area is 134 Å². The summed E-state index contributed by atoms with van der Waals surface area (Å²) in [6.07, 6.45) is 5.25. The maximum absolute atomic E-state index is 4.31. The predicted octanol–water partition coefficient (Wildman–Crippen LogP) is 2.94. The van der Waals surface area contributed by atoms with Crippen molar-refractivity contribution in [3.8, 4) is 0 Å². The Bertz CT molecular complexity index is 720. The molecule has 0 radical (unpaired) electrons. The van der Waals surface area contributed by atoms with Crippen molar-refractivity contribution in [2.24, 2.45) is 0 Å². The zero-order valence-electron chi connectivity index (χ0n) is 12.7. The Morgan fingerprint density at radius 3 is 2.91 bits per heavy atom. The molecule has 5 nitrogen and oxygen atoms in total. The lowest BCUT2D eigenvalue weighted by Crippen LogP contribution is -2.17. The number of benzene rings is 1. The number of aryl methyl sites for hydroxylation is 1. The van der Waals surface area contributed by atoms with Gasteiger partial charge in [-0.2, -0.15) is 5.10 Å². The first-order valence-corrected chi connectivity index (χ1v) is 8.08. The SMILES string of the molecule is Cc1ncc([C@H](C)NCc2cccc(Cn3cncn3)c2)s1. The van der Waals surface area contributed by atoms with Crippen LogP contribution in [0.15, 0.2) is 43.1 Å². The Morgan fingerprint density at radius 1 is 1.32 bits per heavy atom. The molecule has 2 heterocycles. The Kier molecular flexibility index (Phi) is 4.60. The minimum Gasteiger partial charge on any atom is -0.305 e. The highest BCUT2D eigenvalue weighted by Gasteiger charge is 2.08. The second-order valence-corrected chi connectivity index (χ2v) is 6.56. The topological polar surface area (TPSA) is 55.6 Å². The molecule has 1 atom stereocenters. The molecular formula is C16H19N5S. The molecule has 3 rings (SSSR count). The van der Waals surface area contributed by atoms with Crippen molar-refractivity contribution in [2.45, 2.75) is 33.0 Å². The van der Waals surface area contributed by atoms with E-state index in [0.717, 1.165) is 18.1 Å². The number of rotatable bonds is 6. The standard InChI is InChI=1S/C16H19N5S/c1-12(16-8-19-13(2)22-16)18-7-14-4-3-5-15(6-14)9-21-11-17-10-20-21/h3-6,8,10-12,18H,7,9H2,1-2H3/t12-/m0/s1. The van der Waals surface area contributed by atoms with Crippen molar-refractivity contribution in [1.82, 2.24) is 25.1 Å². The Morgan fingerprint density at radius 2 is 2.18 bits per heavy atom. The molecule has 0 amide bonds. The van der Waals surface area contributed by atoms with E-state index in [-0.39, 0.29) is 0 Å². The molecule has 0 spiro atoms. The molecule has 2 aromatic heterocycles. The highest BCUT2D eigenvalue weighted by Crippen LogP contribution is 2.20. The Balaban J connectivity index is 1.60. The number of aromatic nitrogens is 4. The van der Waals surface area contributed by atoms with Crippen LogP contribution in [0.3, 0.4) is 0 Å². The summed E-state index contributed by atoms with van der Waals surface area (Å²) in [5, 5.41) is 8.80. The summed E-state index contributed by atoms with van der Waals surface area (Å²) in [4.78, 5) is 9.56. The monoisotopic (exact) mass is 313 g/mol. The Hall–Kier alpha value is -2.05. The fourth-order valence-corrected chi connectivity index (χ4v) is 3.10. The normalized spacial score (nSPS) is 12.5. The minimum absolute atomic E-state index is 0.310. The van der Waals surface area contributed by atoms with E-state index in [1.165, 1.54) is 16.0 Å². The van der Waals surface area contributed by atoms with E-state index in [0.29, 0.717) is 6.04 Å². The molecular weight excluding hydrogens is 294 g/mol. The van der Waals surface area contributed by atoms with Crippen molar-refractivity contribution in [3.05, 3.63) is 64.1 Å².